The smallest absolute Gasteiger partial charge is 0.250 e. The van der Waals surface area contributed by atoms with Crippen molar-refractivity contribution in [1.29, 1.82) is 0 Å². The molecule has 1 aliphatic rings. The van der Waals surface area contributed by atoms with E-state index in [0.717, 1.165) is 50.6 Å². The maximum atomic E-state index is 12.5. The lowest BCUT2D eigenvalue weighted by atomic mass is 10.1. The second-order valence-corrected chi connectivity index (χ2v) is 9.73. The molecule has 1 fully saturated rings. The van der Waals surface area contributed by atoms with Crippen molar-refractivity contribution < 1.29 is 13.2 Å². The highest BCUT2D eigenvalue weighted by Crippen LogP contribution is 2.17. The number of hydrogen-bond donors (Lipinski definition) is 2. The molecule has 1 amide bonds. The zero-order valence-electron chi connectivity index (χ0n) is 15.8. The summed E-state index contributed by atoms with van der Waals surface area (Å²) in [6, 6.07) is 2.44. The van der Waals surface area contributed by atoms with Crippen LogP contribution in [-0.2, 0) is 14.8 Å². The number of hydrogen-bond acceptors (Lipinski definition) is 6. The van der Waals surface area contributed by atoms with Gasteiger partial charge >= 0.3 is 0 Å². The van der Waals surface area contributed by atoms with E-state index in [-0.39, 0.29) is 16.0 Å². The predicted octanol–water partition coefficient (Wildman–Crippen LogP) is 0.805. The van der Waals surface area contributed by atoms with Crippen LogP contribution in [0.5, 0.6) is 0 Å². The van der Waals surface area contributed by atoms with Crippen molar-refractivity contribution in [2.24, 2.45) is 5.92 Å². The molecule has 9 heteroatoms. The van der Waals surface area contributed by atoms with Crippen molar-refractivity contribution >= 4 is 27.3 Å². The standard InChI is InChI=1S/C17H30N4O3S2/c1-4-20-9-11-21(12-10-20)8-7-18-17(22)16(14(2)3)19-26(23,24)15-6-5-13-25-15/h5-6,13-14,16,19H,4,7-12H2,1-3H3,(H,18,22). The van der Waals surface area contributed by atoms with Crippen LogP contribution in [0.3, 0.4) is 0 Å². The lowest BCUT2D eigenvalue weighted by Crippen LogP contribution is -2.52. The number of thiophene rings is 1. The van der Waals surface area contributed by atoms with Crippen LogP contribution in [0, 0.1) is 5.92 Å². The Morgan fingerprint density at radius 1 is 1.23 bits per heavy atom. The molecular formula is C17H30N4O3S2. The summed E-state index contributed by atoms with van der Waals surface area (Å²) in [5.74, 6) is -0.412. The predicted molar refractivity (Wildman–Crippen MR) is 105 cm³/mol. The van der Waals surface area contributed by atoms with Crippen LogP contribution in [0.4, 0.5) is 0 Å². The Hall–Kier alpha value is -1.00. The fourth-order valence-corrected chi connectivity index (χ4v) is 5.26. The van der Waals surface area contributed by atoms with Gasteiger partial charge < -0.3 is 10.2 Å². The molecule has 0 saturated carbocycles. The van der Waals surface area contributed by atoms with Gasteiger partial charge in [0.15, 0.2) is 0 Å². The number of sulfonamides is 1. The van der Waals surface area contributed by atoms with E-state index >= 15 is 0 Å². The van der Waals surface area contributed by atoms with E-state index in [9.17, 15) is 13.2 Å². The fraction of sp³-hybridized carbons (Fsp3) is 0.706. The lowest BCUT2D eigenvalue weighted by molar-refractivity contribution is -0.123. The number of amides is 1. The van der Waals surface area contributed by atoms with Gasteiger partial charge in [-0.2, -0.15) is 4.72 Å². The van der Waals surface area contributed by atoms with Crippen LogP contribution in [0.1, 0.15) is 20.8 Å². The number of carbonyl (C=O) groups excluding carboxylic acids is 1. The van der Waals surface area contributed by atoms with Gasteiger partial charge in [-0.25, -0.2) is 8.42 Å². The molecule has 7 nitrogen and oxygen atoms in total. The first kappa shape index (κ1) is 21.3. The average Bonchev–Trinajstić information content (AvgIpc) is 3.15. The molecular weight excluding hydrogens is 372 g/mol. The van der Waals surface area contributed by atoms with Crippen LogP contribution >= 0.6 is 11.3 Å². The lowest BCUT2D eigenvalue weighted by Gasteiger charge is -2.34. The Balaban J connectivity index is 1.83. The van der Waals surface area contributed by atoms with E-state index in [1.54, 1.807) is 11.4 Å². The van der Waals surface area contributed by atoms with Gasteiger partial charge in [0.25, 0.3) is 10.0 Å². The maximum absolute atomic E-state index is 12.5. The van der Waals surface area contributed by atoms with Gasteiger partial charge in [-0.05, 0) is 23.9 Å². The first-order chi connectivity index (χ1) is 12.3. The van der Waals surface area contributed by atoms with Gasteiger partial charge in [-0.1, -0.05) is 26.8 Å². The molecule has 0 aromatic carbocycles. The monoisotopic (exact) mass is 402 g/mol. The SMILES string of the molecule is CCN1CCN(CCNC(=O)C(NS(=O)(=O)c2cccs2)C(C)C)CC1. The Labute approximate surface area is 160 Å². The number of rotatable bonds is 9. The van der Waals surface area contributed by atoms with Crippen molar-refractivity contribution in [3.05, 3.63) is 17.5 Å². The molecule has 0 bridgehead atoms. The minimum atomic E-state index is -3.67. The third-order valence-electron chi connectivity index (χ3n) is 4.63. The first-order valence-corrected chi connectivity index (χ1v) is 11.5. The van der Waals surface area contributed by atoms with Gasteiger partial charge in [-0.15, -0.1) is 11.3 Å². The van der Waals surface area contributed by atoms with Crippen molar-refractivity contribution in [2.75, 3.05) is 45.8 Å². The highest BCUT2D eigenvalue weighted by Gasteiger charge is 2.28. The van der Waals surface area contributed by atoms with Gasteiger partial charge in [0, 0.05) is 39.3 Å². The van der Waals surface area contributed by atoms with Crippen LogP contribution in [0.2, 0.25) is 0 Å². The van der Waals surface area contributed by atoms with E-state index in [0.29, 0.717) is 6.54 Å². The van der Waals surface area contributed by atoms with Crippen molar-refractivity contribution in [1.82, 2.24) is 19.8 Å². The summed E-state index contributed by atoms with van der Waals surface area (Å²) in [6.45, 7) is 12.3. The minimum Gasteiger partial charge on any atom is -0.353 e. The van der Waals surface area contributed by atoms with Crippen LogP contribution in [0.15, 0.2) is 21.7 Å². The molecule has 2 heterocycles. The zero-order chi connectivity index (χ0) is 19.2. The third-order valence-corrected chi connectivity index (χ3v) is 7.47. The summed E-state index contributed by atoms with van der Waals surface area (Å²) in [5, 5.41) is 4.59. The van der Waals surface area contributed by atoms with Crippen molar-refractivity contribution in [3.63, 3.8) is 0 Å². The van der Waals surface area contributed by atoms with E-state index in [1.165, 1.54) is 6.07 Å². The number of nitrogens with one attached hydrogen (secondary N) is 2. The summed E-state index contributed by atoms with van der Waals surface area (Å²) >= 11 is 1.14. The van der Waals surface area contributed by atoms with Crippen LogP contribution < -0.4 is 10.0 Å². The van der Waals surface area contributed by atoms with E-state index < -0.39 is 16.1 Å². The Morgan fingerprint density at radius 2 is 1.88 bits per heavy atom. The topological polar surface area (TPSA) is 81.8 Å². The molecule has 1 aliphatic heterocycles. The van der Waals surface area contributed by atoms with Gasteiger partial charge in [-0.3, -0.25) is 9.69 Å². The summed E-state index contributed by atoms with van der Waals surface area (Å²) < 4.78 is 27.6. The maximum Gasteiger partial charge on any atom is 0.250 e. The van der Waals surface area contributed by atoms with Crippen LogP contribution in [0.25, 0.3) is 0 Å². The molecule has 0 aliphatic carbocycles. The summed E-state index contributed by atoms with van der Waals surface area (Å²) in [6.07, 6.45) is 0. The third kappa shape index (κ3) is 6.02. The molecule has 26 heavy (non-hydrogen) atoms. The Morgan fingerprint density at radius 3 is 2.42 bits per heavy atom. The van der Waals surface area contributed by atoms with Crippen molar-refractivity contribution in [3.8, 4) is 0 Å². The molecule has 1 saturated heterocycles. The number of carbonyl (C=O) groups is 1. The van der Waals surface area contributed by atoms with E-state index in [1.807, 2.05) is 13.8 Å². The molecule has 1 aromatic rings. The highest BCUT2D eigenvalue weighted by atomic mass is 32.2. The average molecular weight is 403 g/mol. The van der Waals surface area contributed by atoms with Gasteiger partial charge in [0.1, 0.15) is 10.3 Å². The number of piperazine rings is 1. The molecule has 0 radical (unpaired) electrons. The molecule has 148 valence electrons. The van der Waals surface area contributed by atoms with Crippen LogP contribution in [-0.4, -0.2) is 76.0 Å². The molecule has 1 atom stereocenters. The zero-order valence-corrected chi connectivity index (χ0v) is 17.4. The largest absolute Gasteiger partial charge is 0.353 e. The van der Waals surface area contributed by atoms with E-state index in [2.05, 4.69) is 26.8 Å². The minimum absolute atomic E-state index is 0.141. The fourth-order valence-electron chi connectivity index (χ4n) is 2.91. The normalized spacial score (nSPS) is 18.2. The molecule has 2 rings (SSSR count). The van der Waals surface area contributed by atoms with Crippen molar-refractivity contribution in [2.45, 2.75) is 31.0 Å². The van der Waals surface area contributed by atoms with Gasteiger partial charge in [0.05, 0.1) is 0 Å². The van der Waals surface area contributed by atoms with E-state index in [4.69, 9.17) is 0 Å². The Bertz CT molecular complexity index is 654. The second kappa shape index (κ2) is 9.80. The first-order valence-electron chi connectivity index (χ1n) is 9.11. The molecule has 0 spiro atoms. The second-order valence-electron chi connectivity index (χ2n) is 6.84. The summed E-state index contributed by atoms with van der Waals surface area (Å²) in [7, 11) is -3.67. The molecule has 1 unspecified atom stereocenters. The number of nitrogens with zero attached hydrogens (tertiary/aromatic N) is 2. The summed E-state index contributed by atoms with van der Waals surface area (Å²) in [5.41, 5.74) is 0. The Kier molecular flexibility index (Phi) is 8.03. The molecule has 1 aromatic heterocycles. The summed E-state index contributed by atoms with van der Waals surface area (Å²) in [4.78, 5) is 17.2. The quantitative estimate of drug-likeness (QED) is 0.639. The highest BCUT2D eigenvalue weighted by molar-refractivity contribution is 7.91. The van der Waals surface area contributed by atoms with Gasteiger partial charge in [0.2, 0.25) is 5.91 Å². The number of likely N-dealkylation sites (N-methyl/N-ethyl adjacent to an activating group) is 1. The molecule has 2 N–H and O–H groups in total.